The fraction of sp³-hybridized carbons (Fsp3) is 0.412. The van der Waals surface area contributed by atoms with Crippen LogP contribution in [0.15, 0.2) is 24.5 Å². The molecule has 1 unspecified atom stereocenters. The van der Waals surface area contributed by atoms with Crippen molar-refractivity contribution in [1.82, 2.24) is 30.6 Å². The molecule has 0 saturated heterocycles. The Morgan fingerprint density at radius 1 is 1.28 bits per heavy atom. The van der Waals surface area contributed by atoms with Gasteiger partial charge in [0.2, 0.25) is 0 Å². The van der Waals surface area contributed by atoms with Crippen molar-refractivity contribution in [2.24, 2.45) is 5.41 Å². The number of rotatable bonds is 5. The molecule has 0 aliphatic heterocycles. The molecule has 8 nitrogen and oxygen atoms in total. The first-order valence-electron chi connectivity index (χ1n) is 8.11. The molecule has 0 aliphatic carbocycles. The van der Waals surface area contributed by atoms with Gasteiger partial charge in [-0.2, -0.15) is 10.5 Å². The summed E-state index contributed by atoms with van der Waals surface area (Å²) in [4.78, 5) is 8.62. The highest BCUT2D eigenvalue weighted by Crippen LogP contribution is 2.30. The molecule has 0 amide bonds. The molecule has 8 heteroatoms. The molecule has 0 radical (unpaired) electrons. The molecule has 0 aliphatic rings. The van der Waals surface area contributed by atoms with Gasteiger partial charge in [-0.3, -0.25) is 0 Å². The summed E-state index contributed by atoms with van der Waals surface area (Å²) in [5, 5.41) is 27.8. The SMILES string of the molecule is CC(C)(C)CCC(Nc1ncnc2ccc(C#N)cc12)c1nn[nH]n1. The Morgan fingerprint density at radius 3 is 2.80 bits per heavy atom. The number of nitrogens with zero attached hydrogens (tertiary/aromatic N) is 6. The molecule has 128 valence electrons. The predicted molar refractivity (Wildman–Crippen MR) is 93.5 cm³/mol. The van der Waals surface area contributed by atoms with Gasteiger partial charge in [-0.1, -0.05) is 26.0 Å². The average Bonchev–Trinajstić information content (AvgIpc) is 3.12. The number of aromatic nitrogens is 6. The third-order valence-electron chi connectivity index (χ3n) is 3.93. The van der Waals surface area contributed by atoms with Gasteiger partial charge < -0.3 is 5.32 Å². The molecule has 0 bridgehead atoms. The van der Waals surface area contributed by atoms with Gasteiger partial charge in [0.05, 0.1) is 23.2 Å². The highest BCUT2D eigenvalue weighted by molar-refractivity contribution is 5.89. The van der Waals surface area contributed by atoms with Crippen molar-refractivity contribution in [3.8, 4) is 6.07 Å². The van der Waals surface area contributed by atoms with E-state index in [9.17, 15) is 0 Å². The van der Waals surface area contributed by atoms with Crippen LogP contribution in [0, 0.1) is 16.7 Å². The van der Waals surface area contributed by atoms with E-state index < -0.39 is 0 Å². The number of tetrazole rings is 1. The standard InChI is InChI=1S/C17H20N8/c1-17(2,3)7-6-14(16-22-24-25-23-16)21-15-12-8-11(9-18)4-5-13(12)19-10-20-15/h4-5,8,10,14H,6-7H2,1-3H3,(H,19,20,21)(H,22,23,24,25). The van der Waals surface area contributed by atoms with E-state index in [-0.39, 0.29) is 11.5 Å². The summed E-state index contributed by atoms with van der Waals surface area (Å²) < 4.78 is 0. The second-order valence-electron chi connectivity index (χ2n) is 7.13. The van der Waals surface area contributed by atoms with E-state index in [1.807, 2.05) is 6.07 Å². The molecule has 0 fully saturated rings. The molecular weight excluding hydrogens is 316 g/mol. The van der Waals surface area contributed by atoms with Crippen LogP contribution in [0.4, 0.5) is 5.82 Å². The second kappa shape index (κ2) is 6.81. The number of fused-ring (bicyclic) bond motifs is 1. The number of nitriles is 1. The Hall–Kier alpha value is -3.08. The molecule has 2 heterocycles. The van der Waals surface area contributed by atoms with Gasteiger partial charge in [0.1, 0.15) is 12.1 Å². The van der Waals surface area contributed by atoms with Crippen LogP contribution in [0.5, 0.6) is 0 Å². The lowest BCUT2D eigenvalue weighted by Gasteiger charge is -2.22. The van der Waals surface area contributed by atoms with E-state index in [2.05, 4.69) is 62.7 Å². The molecule has 0 saturated carbocycles. The number of anilines is 1. The van der Waals surface area contributed by atoms with E-state index in [4.69, 9.17) is 5.26 Å². The van der Waals surface area contributed by atoms with Gasteiger partial charge >= 0.3 is 0 Å². The largest absolute Gasteiger partial charge is 0.359 e. The van der Waals surface area contributed by atoms with Crippen molar-refractivity contribution >= 4 is 16.7 Å². The Labute approximate surface area is 145 Å². The van der Waals surface area contributed by atoms with E-state index >= 15 is 0 Å². The predicted octanol–water partition coefficient (Wildman–Crippen LogP) is 2.99. The maximum Gasteiger partial charge on any atom is 0.196 e. The summed E-state index contributed by atoms with van der Waals surface area (Å²) in [5.41, 5.74) is 1.53. The minimum atomic E-state index is -0.137. The highest BCUT2D eigenvalue weighted by atomic mass is 15.5. The molecule has 0 spiro atoms. The summed E-state index contributed by atoms with van der Waals surface area (Å²) in [6, 6.07) is 7.36. The average molecular weight is 336 g/mol. The van der Waals surface area contributed by atoms with Crippen LogP contribution < -0.4 is 5.32 Å². The van der Waals surface area contributed by atoms with E-state index in [1.54, 1.807) is 12.1 Å². The quantitative estimate of drug-likeness (QED) is 0.735. The topological polar surface area (TPSA) is 116 Å². The van der Waals surface area contributed by atoms with Crippen molar-refractivity contribution in [2.75, 3.05) is 5.32 Å². The van der Waals surface area contributed by atoms with Gasteiger partial charge in [-0.15, -0.1) is 10.2 Å². The normalized spacial score (nSPS) is 12.7. The van der Waals surface area contributed by atoms with Crippen LogP contribution in [0.2, 0.25) is 0 Å². The van der Waals surface area contributed by atoms with Crippen molar-refractivity contribution in [2.45, 2.75) is 39.7 Å². The molecule has 2 aromatic heterocycles. The lowest BCUT2D eigenvalue weighted by Crippen LogP contribution is -2.17. The van der Waals surface area contributed by atoms with Crippen LogP contribution in [0.25, 0.3) is 10.9 Å². The van der Waals surface area contributed by atoms with Crippen LogP contribution in [-0.2, 0) is 0 Å². The first-order chi connectivity index (χ1) is 12.0. The molecule has 25 heavy (non-hydrogen) atoms. The van der Waals surface area contributed by atoms with Gasteiger partial charge in [0, 0.05) is 5.39 Å². The lowest BCUT2D eigenvalue weighted by molar-refractivity contribution is 0.352. The Kier molecular flexibility index (Phi) is 4.57. The van der Waals surface area contributed by atoms with Crippen LogP contribution >= 0.6 is 0 Å². The van der Waals surface area contributed by atoms with E-state index in [1.165, 1.54) is 6.33 Å². The monoisotopic (exact) mass is 336 g/mol. The zero-order chi connectivity index (χ0) is 17.9. The van der Waals surface area contributed by atoms with Gasteiger partial charge in [0.15, 0.2) is 5.82 Å². The maximum absolute atomic E-state index is 9.15. The Bertz CT molecular complexity index is 889. The summed E-state index contributed by atoms with van der Waals surface area (Å²) in [7, 11) is 0. The number of hydrogen-bond acceptors (Lipinski definition) is 7. The molecular formula is C17H20N8. The fourth-order valence-corrected chi connectivity index (χ4v) is 2.57. The summed E-state index contributed by atoms with van der Waals surface area (Å²) >= 11 is 0. The van der Waals surface area contributed by atoms with E-state index in [0.717, 1.165) is 23.7 Å². The van der Waals surface area contributed by atoms with Crippen LogP contribution in [0.3, 0.4) is 0 Å². The molecule has 1 atom stereocenters. The molecule has 3 aromatic rings. The third kappa shape index (κ3) is 4.07. The zero-order valence-electron chi connectivity index (χ0n) is 14.5. The summed E-state index contributed by atoms with van der Waals surface area (Å²) in [5.74, 6) is 1.25. The minimum Gasteiger partial charge on any atom is -0.359 e. The van der Waals surface area contributed by atoms with Crippen molar-refractivity contribution in [1.29, 1.82) is 5.26 Å². The second-order valence-corrected chi connectivity index (χ2v) is 7.13. The van der Waals surface area contributed by atoms with Gasteiger partial charge in [-0.05, 0) is 36.5 Å². The maximum atomic E-state index is 9.15. The van der Waals surface area contributed by atoms with Crippen molar-refractivity contribution in [3.05, 3.63) is 35.9 Å². The first kappa shape index (κ1) is 16.8. The van der Waals surface area contributed by atoms with Crippen LogP contribution in [-0.4, -0.2) is 30.6 Å². The van der Waals surface area contributed by atoms with Gasteiger partial charge in [0.25, 0.3) is 0 Å². The van der Waals surface area contributed by atoms with Gasteiger partial charge in [-0.25, -0.2) is 9.97 Å². The molecule has 1 aromatic carbocycles. The zero-order valence-corrected chi connectivity index (χ0v) is 14.5. The first-order valence-corrected chi connectivity index (χ1v) is 8.11. The summed E-state index contributed by atoms with van der Waals surface area (Å²) in [6.45, 7) is 6.58. The number of aromatic amines is 1. The number of nitrogens with one attached hydrogen (secondary N) is 2. The van der Waals surface area contributed by atoms with Crippen molar-refractivity contribution < 1.29 is 0 Å². The molecule has 3 rings (SSSR count). The van der Waals surface area contributed by atoms with Crippen molar-refractivity contribution in [3.63, 3.8) is 0 Å². The number of benzene rings is 1. The Balaban J connectivity index is 1.94. The highest BCUT2D eigenvalue weighted by Gasteiger charge is 2.21. The third-order valence-corrected chi connectivity index (χ3v) is 3.93. The van der Waals surface area contributed by atoms with Crippen LogP contribution in [0.1, 0.15) is 51.0 Å². The fourth-order valence-electron chi connectivity index (χ4n) is 2.57. The minimum absolute atomic E-state index is 0.137. The van der Waals surface area contributed by atoms with E-state index in [0.29, 0.717) is 17.2 Å². The number of hydrogen-bond donors (Lipinski definition) is 2. The Morgan fingerprint density at radius 2 is 2.12 bits per heavy atom. The molecule has 2 N–H and O–H groups in total. The lowest BCUT2D eigenvalue weighted by atomic mass is 9.88. The summed E-state index contributed by atoms with van der Waals surface area (Å²) in [6.07, 6.45) is 3.31. The number of H-pyrrole nitrogens is 1. The smallest absolute Gasteiger partial charge is 0.196 e.